The van der Waals surface area contributed by atoms with Gasteiger partial charge in [-0.3, -0.25) is 4.79 Å². The minimum absolute atomic E-state index is 0.214. The number of likely N-dealkylation sites (tertiary alicyclic amines) is 1. The standard InChI is InChI=1S/C14H21NO2S/c1-17-13-7-11-18-14(13)12(16)6-10-15-8-4-2-3-5-9-15/h7,11H,2-6,8-10H2,1H3. The first-order valence-corrected chi connectivity index (χ1v) is 7.56. The minimum atomic E-state index is 0.214. The van der Waals surface area contributed by atoms with Crippen molar-refractivity contribution in [3.63, 3.8) is 0 Å². The van der Waals surface area contributed by atoms with Crippen molar-refractivity contribution in [2.45, 2.75) is 32.1 Å². The Hall–Kier alpha value is -0.870. The number of Topliss-reactive ketones (excluding diaryl/α,β-unsaturated/α-hetero) is 1. The van der Waals surface area contributed by atoms with Crippen molar-refractivity contribution >= 4 is 17.1 Å². The van der Waals surface area contributed by atoms with E-state index in [2.05, 4.69) is 4.90 Å². The molecule has 2 heterocycles. The lowest BCUT2D eigenvalue weighted by Gasteiger charge is -2.18. The predicted molar refractivity (Wildman–Crippen MR) is 74.7 cm³/mol. The summed E-state index contributed by atoms with van der Waals surface area (Å²) in [5.74, 6) is 0.937. The van der Waals surface area contributed by atoms with Gasteiger partial charge in [-0.2, -0.15) is 0 Å². The third kappa shape index (κ3) is 3.56. The maximum Gasteiger partial charge on any atom is 0.177 e. The fourth-order valence-electron chi connectivity index (χ4n) is 2.39. The van der Waals surface area contributed by atoms with Crippen molar-refractivity contribution in [2.75, 3.05) is 26.7 Å². The maximum absolute atomic E-state index is 12.1. The van der Waals surface area contributed by atoms with Gasteiger partial charge in [0.1, 0.15) is 10.6 Å². The van der Waals surface area contributed by atoms with Crippen LogP contribution < -0.4 is 4.74 Å². The molecule has 4 heteroatoms. The molecule has 0 N–H and O–H groups in total. The van der Waals surface area contributed by atoms with Gasteiger partial charge in [-0.15, -0.1) is 11.3 Å². The fourth-order valence-corrected chi connectivity index (χ4v) is 3.22. The summed E-state index contributed by atoms with van der Waals surface area (Å²) in [7, 11) is 1.62. The maximum atomic E-state index is 12.1. The lowest BCUT2D eigenvalue weighted by atomic mass is 10.2. The molecule has 1 aromatic rings. The summed E-state index contributed by atoms with van der Waals surface area (Å²) in [6.07, 6.45) is 5.83. The van der Waals surface area contributed by atoms with Gasteiger partial charge in [0, 0.05) is 13.0 Å². The van der Waals surface area contributed by atoms with Gasteiger partial charge in [0.2, 0.25) is 0 Å². The summed E-state index contributed by atoms with van der Waals surface area (Å²) >= 11 is 1.48. The van der Waals surface area contributed by atoms with E-state index < -0.39 is 0 Å². The molecule has 3 nitrogen and oxygen atoms in total. The van der Waals surface area contributed by atoms with Gasteiger partial charge < -0.3 is 9.64 Å². The second kappa shape index (κ2) is 6.90. The smallest absolute Gasteiger partial charge is 0.177 e. The van der Waals surface area contributed by atoms with Crippen molar-refractivity contribution < 1.29 is 9.53 Å². The third-order valence-electron chi connectivity index (χ3n) is 3.46. The van der Waals surface area contributed by atoms with Crippen molar-refractivity contribution in [3.05, 3.63) is 16.3 Å². The molecule has 0 bridgehead atoms. The lowest BCUT2D eigenvalue weighted by Crippen LogP contribution is -2.27. The van der Waals surface area contributed by atoms with Crippen LogP contribution in [-0.4, -0.2) is 37.4 Å². The van der Waals surface area contributed by atoms with E-state index in [4.69, 9.17) is 4.74 Å². The van der Waals surface area contributed by atoms with Crippen LogP contribution in [0.4, 0.5) is 0 Å². The van der Waals surface area contributed by atoms with Crippen LogP contribution in [0.5, 0.6) is 5.75 Å². The number of nitrogens with zero attached hydrogens (tertiary/aromatic N) is 1. The number of methoxy groups -OCH3 is 1. The molecule has 0 aromatic carbocycles. The highest BCUT2D eigenvalue weighted by atomic mass is 32.1. The molecule has 0 amide bonds. The Morgan fingerprint density at radius 1 is 1.33 bits per heavy atom. The van der Waals surface area contributed by atoms with Crippen LogP contribution in [0.1, 0.15) is 41.8 Å². The van der Waals surface area contributed by atoms with Crippen LogP contribution >= 0.6 is 11.3 Å². The fraction of sp³-hybridized carbons (Fsp3) is 0.643. The Balaban J connectivity index is 1.84. The van der Waals surface area contributed by atoms with Crippen LogP contribution in [0.15, 0.2) is 11.4 Å². The van der Waals surface area contributed by atoms with E-state index in [1.165, 1.54) is 37.0 Å². The molecule has 0 spiro atoms. The second-order valence-electron chi connectivity index (χ2n) is 4.75. The monoisotopic (exact) mass is 267 g/mol. The molecule has 0 radical (unpaired) electrons. The van der Waals surface area contributed by atoms with Gasteiger partial charge in [-0.25, -0.2) is 0 Å². The van der Waals surface area contributed by atoms with Gasteiger partial charge in [-0.05, 0) is 37.4 Å². The Morgan fingerprint density at radius 3 is 2.72 bits per heavy atom. The predicted octanol–water partition coefficient (Wildman–Crippen LogP) is 3.21. The van der Waals surface area contributed by atoms with Gasteiger partial charge in [0.25, 0.3) is 0 Å². The van der Waals surface area contributed by atoms with Gasteiger partial charge >= 0.3 is 0 Å². The van der Waals surface area contributed by atoms with Gasteiger partial charge in [0.15, 0.2) is 5.78 Å². The highest BCUT2D eigenvalue weighted by molar-refractivity contribution is 7.12. The van der Waals surface area contributed by atoms with Crippen LogP contribution in [0.3, 0.4) is 0 Å². The third-order valence-corrected chi connectivity index (χ3v) is 4.39. The van der Waals surface area contributed by atoms with E-state index in [-0.39, 0.29) is 5.78 Å². The summed E-state index contributed by atoms with van der Waals surface area (Å²) in [5.41, 5.74) is 0. The van der Waals surface area contributed by atoms with E-state index in [0.29, 0.717) is 6.42 Å². The number of rotatable bonds is 5. The van der Waals surface area contributed by atoms with Crippen LogP contribution in [0.25, 0.3) is 0 Å². The number of ketones is 1. The second-order valence-corrected chi connectivity index (χ2v) is 5.66. The van der Waals surface area contributed by atoms with Gasteiger partial charge in [-0.1, -0.05) is 12.8 Å². The summed E-state index contributed by atoms with van der Waals surface area (Å²) in [4.78, 5) is 15.3. The van der Waals surface area contributed by atoms with Crippen molar-refractivity contribution in [1.29, 1.82) is 0 Å². The Kier molecular flexibility index (Phi) is 5.20. The highest BCUT2D eigenvalue weighted by Gasteiger charge is 2.16. The number of ether oxygens (including phenoxy) is 1. The molecule has 18 heavy (non-hydrogen) atoms. The number of hydrogen-bond donors (Lipinski definition) is 0. The summed E-state index contributed by atoms with van der Waals surface area (Å²) in [5, 5.41) is 1.91. The van der Waals surface area contributed by atoms with E-state index in [0.717, 1.165) is 30.3 Å². The average molecular weight is 267 g/mol. The van der Waals surface area contributed by atoms with E-state index in [1.54, 1.807) is 7.11 Å². The van der Waals surface area contributed by atoms with Crippen LogP contribution in [0, 0.1) is 0 Å². The molecule has 0 atom stereocenters. The summed E-state index contributed by atoms with van der Waals surface area (Å²) in [6, 6.07) is 1.86. The molecule has 1 aromatic heterocycles. The molecular weight excluding hydrogens is 246 g/mol. The minimum Gasteiger partial charge on any atom is -0.495 e. The Labute approximate surface area is 113 Å². The average Bonchev–Trinajstić information content (AvgIpc) is 2.72. The number of carbonyl (C=O) groups excluding carboxylic acids is 1. The van der Waals surface area contributed by atoms with E-state index in [1.807, 2.05) is 11.4 Å². The number of thiophene rings is 1. The largest absolute Gasteiger partial charge is 0.495 e. The zero-order valence-corrected chi connectivity index (χ0v) is 11.8. The lowest BCUT2D eigenvalue weighted by molar-refractivity contribution is 0.0966. The molecule has 0 aliphatic carbocycles. The quantitative estimate of drug-likeness (QED) is 0.767. The van der Waals surface area contributed by atoms with E-state index >= 15 is 0 Å². The molecule has 100 valence electrons. The topological polar surface area (TPSA) is 29.5 Å². The first kappa shape index (κ1) is 13.6. The van der Waals surface area contributed by atoms with Crippen LogP contribution in [0.2, 0.25) is 0 Å². The number of carbonyl (C=O) groups is 1. The molecular formula is C14H21NO2S. The van der Waals surface area contributed by atoms with Crippen molar-refractivity contribution in [2.24, 2.45) is 0 Å². The molecule has 1 aliphatic heterocycles. The Bertz CT molecular complexity index is 381. The normalized spacial score (nSPS) is 17.4. The van der Waals surface area contributed by atoms with Crippen molar-refractivity contribution in [3.8, 4) is 5.75 Å². The van der Waals surface area contributed by atoms with Crippen molar-refractivity contribution in [1.82, 2.24) is 4.90 Å². The molecule has 1 saturated heterocycles. The first-order chi connectivity index (χ1) is 8.81. The highest BCUT2D eigenvalue weighted by Crippen LogP contribution is 2.25. The molecule has 2 rings (SSSR count). The first-order valence-electron chi connectivity index (χ1n) is 6.68. The van der Waals surface area contributed by atoms with Gasteiger partial charge in [0.05, 0.1) is 7.11 Å². The number of hydrogen-bond acceptors (Lipinski definition) is 4. The zero-order valence-electron chi connectivity index (χ0n) is 11.0. The zero-order chi connectivity index (χ0) is 12.8. The SMILES string of the molecule is COc1ccsc1C(=O)CCN1CCCCCC1. The van der Waals surface area contributed by atoms with E-state index in [9.17, 15) is 4.79 Å². The molecule has 1 fully saturated rings. The summed E-state index contributed by atoms with van der Waals surface area (Å²) in [6.45, 7) is 3.18. The summed E-state index contributed by atoms with van der Waals surface area (Å²) < 4.78 is 5.19. The molecule has 0 unspecified atom stereocenters. The Morgan fingerprint density at radius 2 is 2.06 bits per heavy atom. The molecule has 1 aliphatic rings. The molecule has 0 saturated carbocycles. The van der Waals surface area contributed by atoms with Crippen LogP contribution in [-0.2, 0) is 0 Å².